The molecule has 1 aliphatic heterocycles. The zero-order chi connectivity index (χ0) is 15.5. The van der Waals surface area contributed by atoms with E-state index in [0.29, 0.717) is 33.7 Å². The lowest BCUT2D eigenvalue weighted by Crippen LogP contribution is -1.92. The van der Waals surface area contributed by atoms with Gasteiger partial charge in [-0.25, -0.2) is 0 Å². The van der Waals surface area contributed by atoms with Crippen molar-refractivity contribution in [2.24, 2.45) is 4.99 Å². The lowest BCUT2D eigenvalue weighted by atomic mass is 10.2. The van der Waals surface area contributed by atoms with Crippen molar-refractivity contribution in [2.75, 3.05) is 21.0 Å². The number of rotatable bonds is 4. The molecule has 0 radical (unpaired) electrons. The molecule has 0 spiro atoms. The molecule has 22 heavy (non-hydrogen) atoms. The van der Waals surface area contributed by atoms with E-state index in [-0.39, 0.29) is 6.79 Å². The second-order valence-corrected chi connectivity index (χ2v) is 4.93. The predicted octanol–water partition coefficient (Wildman–Crippen LogP) is 3.84. The SMILES string of the molecule is COc1ccc(N=Cc2cc3c(cc2OC)OCO3)cc1Cl. The van der Waals surface area contributed by atoms with Crippen LogP contribution in [0.3, 0.4) is 0 Å². The third kappa shape index (κ3) is 2.80. The topological polar surface area (TPSA) is 49.3 Å². The third-order valence-electron chi connectivity index (χ3n) is 3.21. The Kier molecular flexibility index (Phi) is 4.06. The number of hydrogen-bond donors (Lipinski definition) is 0. The predicted molar refractivity (Wildman–Crippen MR) is 84.4 cm³/mol. The van der Waals surface area contributed by atoms with Crippen LogP contribution in [0.4, 0.5) is 5.69 Å². The number of benzene rings is 2. The number of halogens is 1. The van der Waals surface area contributed by atoms with E-state index >= 15 is 0 Å². The number of nitrogens with zero attached hydrogens (tertiary/aromatic N) is 1. The molecule has 1 heterocycles. The minimum absolute atomic E-state index is 0.215. The van der Waals surface area contributed by atoms with Gasteiger partial charge in [0.15, 0.2) is 11.5 Å². The van der Waals surface area contributed by atoms with Crippen LogP contribution in [0, 0.1) is 0 Å². The molecular weight excluding hydrogens is 306 g/mol. The molecule has 2 aromatic carbocycles. The van der Waals surface area contributed by atoms with Crippen molar-refractivity contribution in [2.45, 2.75) is 0 Å². The first kappa shape index (κ1) is 14.5. The van der Waals surface area contributed by atoms with Crippen molar-refractivity contribution in [1.29, 1.82) is 0 Å². The molecule has 0 bridgehead atoms. The van der Waals surface area contributed by atoms with E-state index in [1.807, 2.05) is 12.1 Å². The van der Waals surface area contributed by atoms with Crippen LogP contribution in [0.25, 0.3) is 0 Å². The Morgan fingerprint density at radius 1 is 1.05 bits per heavy atom. The van der Waals surface area contributed by atoms with Crippen molar-refractivity contribution < 1.29 is 18.9 Å². The van der Waals surface area contributed by atoms with Gasteiger partial charge in [0, 0.05) is 17.8 Å². The van der Waals surface area contributed by atoms with Gasteiger partial charge < -0.3 is 18.9 Å². The van der Waals surface area contributed by atoms with Gasteiger partial charge in [0.05, 0.1) is 24.9 Å². The van der Waals surface area contributed by atoms with Crippen LogP contribution in [0.15, 0.2) is 35.3 Å². The van der Waals surface area contributed by atoms with Gasteiger partial charge in [-0.2, -0.15) is 0 Å². The van der Waals surface area contributed by atoms with Gasteiger partial charge in [0.1, 0.15) is 11.5 Å². The van der Waals surface area contributed by atoms with Crippen molar-refractivity contribution in [1.82, 2.24) is 0 Å². The minimum Gasteiger partial charge on any atom is -0.496 e. The lowest BCUT2D eigenvalue weighted by molar-refractivity contribution is 0.174. The molecule has 1 aliphatic rings. The molecular formula is C16H14ClNO4. The fourth-order valence-corrected chi connectivity index (χ4v) is 2.35. The highest BCUT2D eigenvalue weighted by atomic mass is 35.5. The summed E-state index contributed by atoms with van der Waals surface area (Å²) in [5.41, 5.74) is 1.50. The van der Waals surface area contributed by atoms with E-state index in [1.54, 1.807) is 38.6 Å². The van der Waals surface area contributed by atoms with Gasteiger partial charge >= 0.3 is 0 Å². The molecule has 0 aromatic heterocycles. The smallest absolute Gasteiger partial charge is 0.231 e. The summed E-state index contributed by atoms with van der Waals surface area (Å²) in [6.07, 6.45) is 1.69. The van der Waals surface area contributed by atoms with E-state index < -0.39 is 0 Å². The molecule has 0 fully saturated rings. The Balaban J connectivity index is 1.90. The maximum absolute atomic E-state index is 6.09. The molecule has 2 aromatic rings. The van der Waals surface area contributed by atoms with Gasteiger partial charge in [-0.1, -0.05) is 11.6 Å². The van der Waals surface area contributed by atoms with Gasteiger partial charge in [0.25, 0.3) is 0 Å². The van der Waals surface area contributed by atoms with Crippen LogP contribution >= 0.6 is 11.6 Å². The average molecular weight is 320 g/mol. The van der Waals surface area contributed by atoms with E-state index in [2.05, 4.69) is 4.99 Å². The van der Waals surface area contributed by atoms with E-state index in [4.69, 9.17) is 30.5 Å². The van der Waals surface area contributed by atoms with E-state index in [0.717, 1.165) is 5.56 Å². The van der Waals surface area contributed by atoms with Crippen LogP contribution < -0.4 is 18.9 Å². The molecule has 0 saturated carbocycles. The summed E-state index contributed by atoms with van der Waals surface area (Å²) >= 11 is 6.09. The Hall–Kier alpha value is -2.40. The molecule has 0 atom stereocenters. The van der Waals surface area contributed by atoms with Crippen LogP contribution in [0.1, 0.15) is 5.56 Å². The summed E-state index contributed by atoms with van der Waals surface area (Å²) in [7, 11) is 3.17. The Morgan fingerprint density at radius 3 is 2.45 bits per heavy atom. The largest absolute Gasteiger partial charge is 0.496 e. The molecule has 0 N–H and O–H groups in total. The maximum Gasteiger partial charge on any atom is 0.231 e. The molecule has 5 nitrogen and oxygen atoms in total. The average Bonchev–Trinajstić information content (AvgIpc) is 2.99. The van der Waals surface area contributed by atoms with E-state index in [1.165, 1.54) is 0 Å². The lowest BCUT2D eigenvalue weighted by Gasteiger charge is -2.06. The first-order valence-corrected chi connectivity index (χ1v) is 6.94. The normalized spacial score (nSPS) is 12.7. The monoisotopic (exact) mass is 319 g/mol. The summed E-state index contributed by atoms with van der Waals surface area (Å²) in [5.74, 6) is 2.62. The van der Waals surface area contributed by atoms with Crippen LogP contribution in [-0.2, 0) is 0 Å². The number of ether oxygens (including phenoxy) is 4. The minimum atomic E-state index is 0.215. The third-order valence-corrected chi connectivity index (χ3v) is 3.51. The molecule has 114 valence electrons. The molecule has 3 rings (SSSR count). The second kappa shape index (κ2) is 6.15. The highest BCUT2D eigenvalue weighted by Crippen LogP contribution is 2.37. The summed E-state index contributed by atoms with van der Waals surface area (Å²) in [5, 5.41) is 0.509. The van der Waals surface area contributed by atoms with Crippen molar-refractivity contribution in [3.05, 3.63) is 40.9 Å². The van der Waals surface area contributed by atoms with Gasteiger partial charge in [-0.15, -0.1) is 0 Å². The fraction of sp³-hybridized carbons (Fsp3) is 0.188. The highest BCUT2D eigenvalue weighted by Gasteiger charge is 2.16. The number of methoxy groups -OCH3 is 2. The zero-order valence-corrected chi connectivity index (χ0v) is 12.9. The van der Waals surface area contributed by atoms with Crippen LogP contribution in [0.2, 0.25) is 5.02 Å². The number of aliphatic imine (C=N–C) groups is 1. The van der Waals surface area contributed by atoms with Crippen molar-refractivity contribution in [3.63, 3.8) is 0 Å². The highest BCUT2D eigenvalue weighted by molar-refractivity contribution is 6.32. The zero-order valence-electron chi connectivity index (χ0n) is 12.1. The van der Waals surface area contributed by atoms with Crippen LogP contribution in [-0.4, -0.2) is 27.2 Å². The first-order chi connectivity index (χ1) is 10.7. The van der Waals surface area contributed by atoms with Crippen molar-refractivity contribution in [3.8, 4) is 23.0 Å². The Morgan fingerprint density at radius 2 is 1.77 bits per heavy atom. The number of fused-ring (bicyclic) bond motifs is 1. The summed E-state index contributed by atoms with van der Waals surface area (Å²) in [4.78, 5) is 4.41. The van der Waals surface area contributed by atoms with Gasteiger partial charge in [-0.3, -0.25) is 4.99 Å². The summed E-state index contributed by atoms with van der Waals surface area (Å²) in [6.45, 7) is 0.215. The van der Waals surface area contributed by atoms with Crippen LogP contribution in [0.5, 0.6) is 23.0 Å². The standard InChI is InChI=1S/C16H14ClNO4/c1-19-13-4-3-11(6-12(13)17)18-8-10-5-15-16(22-9-21-15)7-14(10)20-2/h3-8H,9H2,1-2H3. The fourth-order valence-electron chi connectivity index (χ4n) is 2.10. The van der Waals surface area contributed by atoms with Crippen molar-refractivity contribution >= 4 is 23.5 Å². The quantitative estimate of drug-likeness (QED) is 0.803. The number of hydrogen-bond acceptors (Lipinski definition) is 5. The van der Waals surface area contributed by atoms with Gasteiger partial charge in [-0.05, 0) is 24.3 Å². The molecule has 0 aliphatic carbocycles. The Labute approximate surface area is 133 Å². The van der Waals surface area contributed by atoms with Gasteiger partial charge in [0.2, 0.25) is 6.79 Å². The summed E-state index contributed by atoms with van der Waals surface area (Å²) < 4.78 is 21.1. The molecule has 0 unspecified atom stereocenters. The summed E-state index contributed by atoms with van der Waals surface area (Å²) in [6, 6.07) is 8.93. The molecule has 6 heteroatoms. The first-order valence-electron chi connectivity index (χ1n) is 6.56. The maximum atomic E-state index is 6.09. The van der Waals surface area contributed by atoms with E-state index in [9.17, 15) is 0 Å². The molecule has 0 amide bonds. The second-order valence-electron chi connectivity index (χ2n) is 4.52. The Bertz CT molecular complexity index is 730. The molecule has 0 saturated heterocycles.